The van der Waals surface area contributed by atoms with E-state index in [4.69, 9.17) is 11.5 Å². The van der Waals surface area contributed by atoms with Gasteiger partial charge in [0.1, 0.15) is 18.6 Å². The van der Waals surface area contributed by atoms with Crippen LogP contribution < -0.4 is 11.5 Å². The van der Waals surface area contributed by atoms with E-state index in [0.717, 1.165) is 6.21 Å². The average Bonchev–Trinajstić information content (AvgIpc) is 2.29. The number of rotatable bonds is 2. The molecule has 8 heteroatoms. The lowest BCUT2D eigenvalue weighted by Crippen LogP contribution is -2.47. The molecule has 1 aliphatic heterocycles. The van der Waals surface area contributed by atoms with Gasteiger partial charge in [0.05, 0.1) is 0 Å². The zero-order valence-electron chi connectivity index (χ0n) is 7.03. The van der Waals surface area contributed by atoms with Crippen LogP contribution in [0.1, 0.15) is 0 Å². The molecule has 2 atom stereocenters. The highest BCUT2D eigenvalue weighted by atomic mass is 19.4. The highest BCUT2D eigenvalue weighted by molar-refractivity contribution is 5.93. The van der Waals surface area contributed by atoms with Gasteiger partial charge in [0, 0.05) is 6.21 Å². The van der Waals surface area contributed by atoms with E-state index in [2.05, 4.69) is 5.10 Å². The van der Waals surface area contributed by atoms with E-state index in [-0.39, 0.29) is 0 Å². The number of halogens is 3. The first-order valence-electron chi connectivity index (χ1n) is 3.73. The molecule has 1 heterocycles. The number of alkyl halides is 3. The number of hydrogen-bond acceptors (Lipinski definition) is 4. The first-order valence-corrected chi connectivity index (χ1v) is 3.73. The molecule has 80 valence electrons. The summed E-state index contributed by atoms with van der Waals surface area (Å²) in [6.45, 7) is -1.28. The molecule has 0 bridgehead atoms. The van der Waals surface area contributed by atoms with Crippen LogP contribution in [0.3, 0.4) is 0 Å². The maximum absolute atomic E-state index is 11.9. The van der Waals surface area contributed by atoms with Gasteiger partial charge in [-0.1, -0.05) is 0 Å². The van der Waals surface area contributed by atoms with Gasteiger partial charge in [-0.15, -0.1) is 0 Å². The maximum atomic E-state index is 11.9. The van der Waals surface area contributed by atoms with Crippen LogP contribution in [-0.2, 0) is 4.79 Å². The second kappa shape index (κ2) is 3.45. The number of carbonyl (C=O) groups is 1. The fraction of sp³-hybridized carbons (Fsp3) is 0.667. The van der Waals surface area contributed by atoms with Crippen molar-refractivity contribution in [2.75, 3.05) is 6.54 Å². The topological polar surface area (TPSA) is 84.7 Å². The molecule has 0 saturated carbocycles. The number of hydrogen-bond donors (Lipinski definition) is 2. The van der Waals surface area contributed by atoms with Crippen LogP contribution in [-0.4, -0.2) is 36.0 Å². The van der Waals surface area contributed by atoms with Crippen molar-refractivity contribution < 1.29 is 18.0 Å². The molecule has 0 fully saturated rings. The SMILES string of the molecule is NC(=O)C1C=NN(CC(F)(F)F)C1N. The molecule has 0 radical (unpaired) electrons. The third-order valence-corrected chi connectivity index (χ3v) is 1.76. The molecule has 2 unspecified atom stereocenters. The standard InChI is InChI=1S/C6H9F3N4O/c7-6(8,9)2-13-4(10)3(1-12-13)5(11)14/h1,3-4H,2,10H2,(H2,11,14). The minimum absolute atomic E-state index is 0.593. The lowest BCUT2D eigenvalue weighted by molar-refractivity contribution is -0.151. The van der Waals surface area contributed by atoms with Gasteiger partial charge in [0.2, 0.25) is 5.91 Å². The first kappa shape index (κ1) is 10.8. The molecular formula is C6H9F3N4O. The number of nitrogens with zero attached hydrogens (tertiary/aromatic N) is 2. The van der Waals surface area contributed by atoms with Crippen LogP contribution in [0.25, 0.3) is 0 Å². The summed E-state index contributed by atoms with van der Waals surface area (Å²) in [6.07, 6.45) is -4.51. The van der Waals surface area contributed by atoms with Crippen LogP contribution in [0.5, 0.6) is 0 Å². The van der Waals surface area contributed by atoms with Crippen molar-refractivity contribution in [3.8, 4) is 0 Å². The Bertz CT molecular complexity index is 264. The number of carbonyl (C=O) groups excluding carboxylic acids is 1. The molecule has 5 nitrogen and oxygen atoms in total. The van der Waals surface area contributed by atoms with Crippen molar-refractivity contribution in [2.24, 2.45) is 22.5 Å². The van der Waals surface area contributed by atoms with E-state index < -0.39 is 30.7 Å². The summed E-state index contributed by atoms with van der Waals surface area (Å²) in [7, 11) is 0. The van der Waals surface area contributed by atoms with Gasteiger partial charge in [0.15, 0.2) is 0 Å². The van der Waals surface area contributed by atoms with Gasteiger partial charge in [-0.25, -0.2) is 0 Å². The molecule has 14 heavy (non-hydrogen) atoms. The number of primary amides is 1. The normalized spacial score (nSPS) is 27.0. The molecule has 0 spiro atoms. The van der Waals surface area contributed by atoms with Gasteiger partial charge in [-0.3, -0.25) is 9.80 Å². The van der Waals surface area contributed by atoms with Crippen molar-refractivity contribution in [1.82, 2.24) is 5.01 Å². The zero-order valence-corrected chi connectivity index (χ0v) is 7.03. The zero-order chi connectivity index (χ0) is 10.9. The summed E-state index contributed by atoms with van der Waals surface area (Å²) >= 11 is 0. The van der Waals surface area contributed by atoms with Gasteiger partial charge < -0.3 is 11.5 Å². The number of nitrogens with two attached hydrogens (primary N) is 2. The fourth-order valence-electron chi connectivity index (χ4n) is 1.08. The molecule has 1 aliphatic rings. The Labute approximate surface area is 77.5 Å². The van der Waals surface area contributed by atoms with Crippen LogP contribution in [0, 0.1) is 5.92 Å². The number of amides is 1. The second-order valence-corrected chi connectivity index (χ2v) is 2.90. The Hall–Kier alpha value is -1.31. The smallest absolute Gasteiger partial charge is 0.369 e. The quantitative estimate of drug-likeness (QED) is 0.628. The summed E-state index contributed by atoms with van der Waals surface area (Å²) in [4.78, 5) is 10.7. The molecule has 0 saturated heterocycles. The third kappa shape index (κ3) is 2.34. The molecule has 0 aromatic rings. The van der Waals surface area contributed by atoms with E-state index in [9.17, 15) is 18.0 Å². The summed E-state index contributed by atoms with van der Waals surface area (Å²) < 4.78 is 35.8. The minimum Gasteiger partial charge on any atom is -0.369 e. The third-order valence-electron chi connectivity index (χ3n) is 1.76. The van der Waals surface area contributed by atoms with Gasteiger partial charge in [-0.2, -0.15) is 18.3 Å². The molecular weight excluding hydrogens is 201 g/mol. The molecule has 1 amide bonds. The fourth-order valence-corrected chi connectivity index (χ4v) is 1.08. The van der Waals surface area contributed by atoms with Crippen LogP contribution in [0.4, 0.5) is 13.2 Å². The summed E-state index contributed by atoms with van der Waals surface area (Å²) in [5.41, 5.74) is 10.2. The van der Waals surface area contributed by atoms with E-state index in [1.54, 1.807) is 0 Å². The lowest BCUT2D eigenvalue weighted by atomic mass is 10.1. The van der Waals surface area contributed by atoms with Gasteiger partial charge in [0.25, 0.3) is 0 Å². The largest absolute Gasteiger partial charge is 0.407 e. The van der Waals surface area contributed by atoms with E-state index in [1.807, 2.05) is 0 Å². The predicted octanol–water partition coefficient (Wildman–Crippen LogP) is -0.764. The molecule has 0 aromatic carbocycles. The van der Waals surface area contributed by atoms with Gasteiger partial charge >= 0.3 is 6.18 Å². The Balaban J connectivity index is 2.61. The molecule has 0 aromatic heterocycles. The van der Waals surface area contributed by atoms with E-state index in [1.165, 1.54) is 0 Å². The highest BCUT2D eigenvalue weighted by Crippen LogP contribution is 2.21. The van der Waals surface area contributed by atoms with E-state index in [0.29, 0.717) is 5.01 Å². The van der Waals surface area contributed by atoms with Crippen molar-refractivity contribution in [3.05, 3.63) is 0 Å². The van der Waals surface area contributed by atoms with Crippen molar-refractivity contribution in [2.45, 2.75) is 12.3 Å². The molecule has 4 N–H and O–H groups in total. The van der Waals surface area contributed by atoms with Gasteiger partial charge in [-0.05, 0) is 0 Å². The molecule has 0 aliphatic carbocycles. The average molecular weight is 210 g/mol. The van der Waals surface area contributed by atoms with Crippen molar-refractivity contribution in [3.63, 3.8) is 0 Å². The maximum Gasteiger partial charge on any atom is 0.407 e. The lowest BCUT2D eigenvalue weighted by Gasteiger charge is -2.23. The van der Waals surface area contributed by atoms with Crippen molar-refractivity contribution >= 4 is 12.1 Å². The molecule has 1 rings (SSSR count). The van der Waals surface area contributed by atoms with Crippen LogP contribution in [0.15, 0.2) is 5.10 Å². The van der Waals surface area contributed by atoms with Crippen LogP contribution >= 0.6 is 0 Å². The summed E-state index contributed by atoms with van der Waals surface area (Å²) in [6, 6.07) is 0. The Morgan fingerprint density at radius 1 is 1.57 bits per heavy atom. The Morgan fingerprint density at radius 3 is 2.50 bits per heavy atom. The van der Waals surface area contributed by atoms with E-state index >= 15 is 0 Å². The highest BCUT2D eigenvalue weighted by Gasteiger charge is 2.38. The summed E-state index contributed by atoms with van der Waals surface area (Å²) in [5.74, 6) is -1.75. The van der Waals surface area contributed by atoms with Crippen LogP contribution in [0.2, 0.25) is 0 Å². The monoisotopic (exact) mass is 210 g/mol. The predicted molar refractivity (Wildman–Crippen MR) is 41.9 cm³/mol. The summed E-state index contributed by atoms with van der Waals surface area (Å²) in [5, 5.41) is 3.96. The second-order valence-electron chi connectivity index (χ2n) is 2.90. The Kier molecular flexibility index (Phi) is 2.65. The Morgan fingerprint density at radius 2 is 2.14 bits per heavy atom. The minimum atomic E-state index is -4.40. The van der Waals surface area contributed by atoms with Crippen molar-refractivity contribution in [1.29, 1.82) is 0 Å². The number of hydrazone groups is 1. The first-order chi connectivity index (χ1) is 6.31.